The molecule has 0 saturated heterocycles. The van der Waals surface area contributed by atoms with E-state index in [0.717, 1.165) is 18.9 Å². The first-order chi connectivity index (χ1) is 9.65. The van der Waals surface area contributed by atoms with Crippen molar-refractivity contribution < 1.29 is 9.53 Å². The zero-order valence-electron chi connectivity index (χ0n) is 11.5. The number of nitrogens with one attached hydrogen (secondary N) is 1. The molecule has 1 saturated carbocycles. The number of benzene rings is 1. The third kappa shape index (κ3) is 4.69. The molecule has 0 aliphatic heterocycles. The maximum atomic E-state index is 11.7. The first kappa shape index (κ1) is 15.1. The average Bonchev–Trinajstić information content (AvgIpc) is 2.36. The fourth-order valence-corrected chi connectivity index (χ4v) is 2.26. The number of nitrogen functional groups attached to an aromatic ring is 1. The Bertz CT molecular complexity index is 461. The summed E-state index contributed by atoms with van der Waals surface area (Å²) >= 11 is 5.82. The van der Waals surface area contributed by atoms with Gasteiger partial charge in [0.1, 0.15) is 0 Å². The maximum Gasteiger partial charge on any atom is 0.226 e. The number of anilines is 2. The molecule has 0 atom stereocenters. The lowest BCUT2D eigenvalue weighted by Crippen LogP contribution is -2.16. The highest BCUT2D eigenvalue weighted by Crippen LogP contribution is 2.29. The van der Waals surface area contributed by atoms with Crippen molar-refractivity contribution in [3.8, 4) is 0 Å². The molecular formula is C15H21ClN2O2. The zero-order chi connectivity index (χ0) is 14.4. The van der Waals surface area contributed by atoms with Gasteiger partial charge in [-0.25, -0.2) is 0 Å². The summed E-state index contributed by atoms with van der Waals surface area (Å²) < 4.78 is 5.48. The third-order valence-corrected chi connectivity index (χ3v) is 3.99. The topological polar surface area (TPSA) is 64.3 Å². The number of hydrogen-bond acceptors (Lipinski definition) is 3. The van der Waals surface area contributed by atoms with Crippen LogP contribution in [0.2, 0.25) is 5.02 Å². The van der Waals surface area contributed by atoms with Gasteiger partial charge in [-0.05, 0) is 30.5 Å². The Balaban J connectivity index is 1.60. The number of rotatable bonds is 7. The highest BCUT2D eigenvalue weighted by molar-refractivity contribution is 6.33. The lowest BCUT2D eigenvalue weighted by Gasteiger charge is -2.24. The molecule has 1 fully saturated rings. The number of amides is 1. The van der Waals surface area contributed by atoms with E-state index in [4.69, 9.17) is 22.1 Å². The van der Waals surface area contributed by atoms with Crippen molar-refractivity contribution in [1.29, 1.82) is 0 Å². The van der Waals surface area contributed by atoms with Crippen LogP contribution in [0.4, 0.5) is 11.4 Å². The molecule has 1 aliphatic carbocycles. The minimum Gasteiger partial charge on any atom is -0.397 e. The van der Waals surface area contributed by atoms with Gasteiger partial charge in [-0.15, -0.1) is 0 Å². The van der Waals surface area contributed by atoms with E-state index in [1.54, 1.807) is 18.2 Å². The summed E-state index contributed by atoms with van der Waals surface area (Å²) in [6, 6.07) is 5.05. The van der Waals surface area contributed by atoms with E-state index in [0.29, 0.717) is 29.4 Å². The Hall–Kier alpha value is -1.26. The van der Waals surface area contributed by atoms with E-state index in [2.05, 4.69) is 5.32 Å². The first-order valence-corrected chi connectivity index (χ1v) is 7.45. The zero-order valence-corrected chi connectivity index (χ0v) is 12.3. The van der Waals surface area contributed by atoms with E-state index in [9.17, 15) is 4.79 Å². The second kappa shape index (κ2) is 7.50. The van der Waals surface area contributed by atoms with Gasteiger partial charge in [0.05, 0.1) is 23.7 Å². The number of ether oxygens (including phenoxy) is 1. The number of hydrogen-bond donors (Lipinski definition) is 2. The van der Waals surface area contributed by atoms with Crippen LogP contribution in [0.15, 0.2) is 18.2 Å². The standard InChI is InChI=1S/C15H21ClN2O2/c16-13-5-4-12(10-14(13)17)18-15(19)7-9-20-8-6-11-2-1-3-11/h4-5,10-11H,1-3,6-9,17H2,(H,18,19). The lowest BCUT2D eigenvalue weighted by atomic mass is 9.83. The minimum absolute atomic E-state index is 0.0737. The molecule has 0 bridgehead atoms. The largest absolute Gasteiger partial charge is 0.397 e. The van der Waals surface area contributed by atoms with Crippen LogP contribution in [-0.4, -0.2) is 19.1 Å². The first-order valence-electron chi connectivity index (χ1n) is 7.08. The monoisotopic (exact) mass is 296 g/mol. The van der Waals surface area contributed by atoms with Gasteiger partial charge < -0.3 is 15.8 Å². The van der Waals surface area contributed by atoms with Gasteiger partial charge in [0.2, 0.25) is 5.91 Å². The fourth-order valence-electron chi connectivity index (χ4n) is 2.14. The Kier molecular flexibility index (Phi) is 5.68. The third-order valence-electron chi connectivity index (χ3n) is 3.65. The molecule has 0 aromatic heterocycles. The summed E-state index contributed by atoms with van der Waals surface area (Å²) in [5.74, 6) is 0.774. The van der Waals surface area contributed by atoms with E-state index < -0.39 is 0 Å². The fraction of sp³-hybridized carbons (Fsp3) is 0.533. The van der Waals surface area contributed by atoms with Crippen molar-refractivity contribution in [3.63, 3.8) is 0 Å². The number of carbonyl (C=O) groups is 1. The molecule has 1 aliphatic rings. The van der Waals surface area contributed by atoms with Crippen molar-refractivity contribution in [2.75, 3.05) is 24.3 Å². The van der Waals surface area contributed by atoms with Crippen LogP contribution in [0, 0.1) is 5.92 Å². The second-order valence-electron chi connectivity index (χ2n) is 5.23. The van der Waals surface area contributed by atoms with Gasteiger partial charge in [-0.1, -0.05) is 30.9 Å². The van der Waals surface area contributed by atoms with Crippen molar-refractivity contribution in [1.82, 2.24) is 0 Å². The summed E-state index contributed by atoms with van der Waals surface area (Å²) in [5, 5.41) is 3.26. The number of carbonyl (C=O) groups excluding carboxylic acids is 1. The Morgan fingerprint density at radius 1 is 1.40 bits per heavy atom. The normalized spacial score (nSPS) is 14.8. The quantitative estimate of drug-likeness (QED) is 0.598. The molecule has 0 unspecified atom stereocenters. The van der Waals surface area contributed by atoms with Gasteiger partial charge in [0.15, 0.2) is 0 Å². The van der Waals surface area contributed by atoms with Gasteiger partial charge in [0, 0.05) is 12.3 Å². The number of halogens is 1. The summed E-state index contributed by atoms with van der Waals surface area (Å²) in [6.45, 7) is 1.22. The summed E-state index contributed by atoms with van der Waals surface area (Å²) in [5.41, 5.74) is 6.79. The average molecular weight is 297 g/mol. The predicted octanol–water partition coefficient (Wildman–Crippen LogP) is 3.46. The van der Waals surface area contributed by atoms with E-state index in [-0.39, 0.29) is 5.91 Å². The Labute approximate surface area is 124 Å². The van der Waals surface area contributed by atoms with Crippen LogP contribution in [-0.2, 0) is 9.53 Å². The van der Waals surface area contributed by atoms with Gasteiger partial charge >= 0.3 is 0 Å². The van der Waals surface area contributed by atoms with Crippen LogP contribution in [0.3, 0.4) is 0 Å². The van der Waals surface area contributed by atoms with Crippen LogP contribution < -0.4 is 11.1 Å². The van der Waals surface area contributed by atoms with Crippen LogP contribution in [0.1, 0.15) is 32.1 Å². The highest BCUT2D eigenvalue weighted by atomic mass is 35.5. The van der Waals surface area contributed by atoms with E-state index in [1.807, 2.05) is 0 Å². The van der Waals surface area contributed by atoms with Crippen LogP contribution in [0.25, 0.3) is 0 Å². The molecule has 1 aromatic carbocycles. The molecule has 1 aromatic rings. The smallest absolute Gasteiger partial charge is 0.226 e. The minimum atomic E-state index is -0.0737. The second-order valence-corrected chi connectivity index (χ2v) is 5.64. The maximum absolute atomic E-state index is 11.7. The molecule has 1 amide bonds. The SMILES string of the molecule is Nc1cc(NC(=O)CCOCCC2CCC2)ccc1Cl. The van der Waals surface area contributed by atoms with Gasteiger partial charge in [0.25, 0.3) is 0 Å². The van der Waals surface area contributed by atoms with Crippen LogP contribution in [0.5, 0.6) is 0 Å². The Morgan fingerprint density at radius 2 is 2.20 bits per heavy atom. The molecule has 4 nitrogen and oxygen atoms in total. The molecular weight excluding hydrogens is 276 g/mol. The lowest BCUT2D eigenvalue weighted by molar-refractivity contribution is -0.117. The summed E-state index contributed by atoms with van der Waals surface area (Å²) in [4.78, 5) is 11.7. The van der Waals surface area contributed by atoms with Crippen LogP contribution >= 0.6 is 11.6 Å². The molecule has 110 valence electrons. The van der Waals surface area contributed by atoms with Crippen molar-refractivity contribution >= 4 is 28.9 Å². The molecule has 2 rings (SSSR count). The highest BCUT2D eigenvalue weighted by Gasteiger charge is 2.16. The van der Waals surface area contributed by atoms with Crippen molar-refractivity contribution in [2.24, 2.45) is 5.92 Å². The molecule has 0 radical (unpaired) electrons. The van der Waals surface area contributed by atoms with Crippen molar-refractivity contribution in [2.45, 2.75) is 32.1 Å². The molecule has 3 N–H and O–H groups in total. The van der Waals surface area contributed by atoms with E-state index in [1.165, 1.54) is 19.3 Å². The molecule has 20 heavy (non-hydrogen) atoms. The predicted molar refractivity (Wildman–Crippen MR) is 81.9 cm³/mol. The van der Waals surface area contributed by atoms with Gasteiger partial charge in [-0.2, -0.15) is 0 Å². The summed E-state index contributed by atoms with van der Waals surface area (Å²) in [7, 11) is 0. The summed E-state index contributed by atoms with van der Waals surface area (Å²) in [6.07, 6.45) is 5.50. The van der Waals surface area contributed by atoms with Gasteiger partial charge in [-0.3, -0.25) is 4.79 Å². The van der Waals surface area contributed by atoms with E-state index >= 15 is 0 Å². The van der Waals surface area contributed by atoms with Crippen molar-refractivity contribution in [3.05, 3.63) is 23.2 Å². The molecule has 0 heterocycles. The molecule has 0 spiro atoms. The number of nitrogens with two attached hydrogens (primary N) is 1. The Morgan fingerprint density at radius 3 is 2.85 bits per heavy atom. The molecule has 5 heteroatoms.